The molecule has 0 amide bonds. The Hall–Kier alpha value is -5.52. The molecule has 42 heavy (non-hydrogen) atoms. The predicted octanol–water partition coefficient (Wildman–Crippen LogP) is 3.74. The molecular weight excluding hydrogens is 536 g/mol. The van der Waals surface area contributed by atoms with Crippen LogP contribution in [0, 0.1) is 0 Å². The summed E-state index contributed by atoms with van der Waals surface area (Å²) in [5, 5.41) is 12.4. The third-order valence-corrected chi connectivity index (χ3v) is 5.79. The van der Waals surface area contributed by atoms with Gasteiger partial charge < -0.3 is 9.47 Å². The summed E-state index contributed by atoms with van der Waals surface area (Å²) in [5.41, 5.74) is 1.81. The van der Waals surface area contributed by atoms with E-state index in [0.717, 1.165) is 5.56 Å². The summed E-state index contributed by atoms with van der Waals surface area (Å²) in [6.45, 7) is 0.509. The number of ether oxygens (including phenoxy) is 2. The fourth-order valence-corrected chi connectivity index (χ4v) is 3.67. The van der Waals surface area contributed by atoms with Crippen LogP contribution >= 0.6 is 0 Å². The minimum absolute atomic E-state index is 0.121. The van der Waals surface area contributed by atoms with E-state index in [2.05, 4.69) is 30.1 Å². The lowest BCUT2D eigenvalue weighted by molar-refractivity contribution is -0.141. The Kier molecular flexibility index (Phi) is 10.7. The van der Waals surface area contributed by atoms with Gasteiger partial charge in [-0.1, -0.05) is 42.5 Å². The van der Waals surface area contributed by atoms with E-state index in [1.54, 1.807) is 65.2 Å². The van der Waals surface area contributed by atoms with Crippen molar-refractivity contribution in [3.63, 3.8) is 0 Å². The number of hydrogen-bond donors (Lipinski definition) is 0. The van der Waals surface area contributed by atoms with E-state index in [4.69, 9.17) is 9.47 Å². The zero-order chi connectivity index (χ0) is 29.6. The average molecular weight is 567 g/mol. The van der Waals surface area contributed by atoms with Crippen LogP contribution in [0.1, 0.15) is 24.2 Å². The second kappa shape index (κ2) is 15.3. The molecule has 0 saturated carbocycles. The fourth-order valence-electron chi connectivity index (χ4n) is 3.67. The average Bonchev–Trinajstić information content (AvgIpc) is 3.05. The van der Waals surface area contributed by atoms with Crippen LogP contribution in [0.4, 0.5) is 11.6 Å². The van der Waals surface area contributed by atoms with Crippen molar-refractivity contribution in [2.75, 3.05) is 37.3 Å². The van der Waals surface area contributed by atoms with Crippen molar-refractivity contribution < 1.29 is 19.1 Å². The van der Waals surface area contributed by atoms with Crippen LogP contribution in [0.5, 0.6) is 0 Å². The van der Waals surface area contributed by atoms with Crippen molar-refractivity contribution in [3.05, 3.63) is 96.6 Å². The molecule has 0 spiro atoms. The van der Waals surface area contributed by atoms with Gasteiger partial charge in [-0.15, -0.1) is 0 Å². The second-order valence-corrected chi connectivity index (χ2v) is 8.67. The van der Waals surface area contributed by atoms with Crippen molar-refractivity contribution in [2.45, 2.75) is 12.8 Å². The molecular formula is C30H30N8O4. The summed E-state index contributed by atoms with van der Waals surface area (Å²) >= 11 is 0. The quantitative estimate of drug-likeness (QED) is 0.134. The normalized spacial score (nSPS) is 11.0. The number of methoxy groups -OCH3 is 2. The largest absolute Gasteiger partial charge is 0.469 e. The van der Waals surface area contributed by atoms with Gasteiger partial charge in [0.15, 0.2) is 5.82 Å². The highest BCUT2D eigenvalue weighted by molar-refractivity contribution is 5.85. The smallest absolute Gasteiger partial charge is 0.307 e. The highest BCUT2D eigenvalue weighted by Gasteiger charge is 2.12. The van der Waals surface area contributed by atoms with Crippen molar-refractivity contribution in [1.82, 2.24) is 19.9 Å². The maximum absolute atomic E-state index is 11.8. The Morgan fingerprint density at radius 2 is 1.19 bits per heavy atom. The topological polar surface area (TPSA) is 135 Å². The predicted molar refractivity (Wildman–Crippen MR) is 159 cm³/mol. The highest BCUT2D eigenvalue weighted by Crippen LogP contribution is 2.17. The van der Waals surface area contributed by atoms with Crippen LogP contribution < -0.4 is 10.0 Å². The van der Waals surface area contributed by atoms with E-state index >= 15 is 0 Å². The highest BCUT2D eigenvalue weighted by atomic mass is 16.5. The standard InChI is InChI=1S/C30H30N8O4/c1-41-28(39)14-18-37(26-12-6-8-16-31-26)33-21-24-20-25(36-30(35-24)23-10-4-3-5-11-23)22-34-38(19-15-29(40)42-2)27-13-7-9-17-32-27/h3-13,16-17,20-22H,14-15,18-19H2,1-2H3/b33-21+,34-22+. The number of pyridine rings is 2. The summed E-state index contributed by atoms with van der Waals surface area (Å²) in [7, 11) is 2.69. The van der Waals surface area contributed by atoms with Crippen LogP contribution in [0.3, 0.4) is 0 Å². The lowest BCUT2D eigenvalue weighted by Crippen LogP contribution is -2.22. The summed E-state index contributed by atoms with van der Waals surface area (Å²) in [6, 6.07) is 22.1. The van der Waals surface area contributed by atoms with Crippen LogP contribution in [-0.2, 0) is 19.1 Å². The molecule has 0 saturated heterocycles. The minimum Gasteiger partial charge on any atom is -0.469 e. The first-order valence-electron chi connectivity index (χ1n) is 13.1. The number of benzene rings is 1. The van der Waals surface area contributed by atoms with Crippen LogP contribution in [-0.4, -0.2) is 71.6 Å². The molecule has 3 heterocycles. The van der Waals surface area contributed by atoms with E-state index in [9.17, 15) is 9.59 Å². The fraction of sp³-hybridized carbons (Fsp3) is 0.200. The number of carbonyl (C=O) groups excluding carboxylic acids is 2. The van der Waals surface area contributed by atoms with Gasteiger partial charge in [0.2, 0.25) is 0 Å². The van der Waals surface area contributed by atoms with Crippen molar-refractivity contribution in [3.8, 4) is 11.4 Å². The van der Waals surface area contributed by atoms with Crippen LogP contribution in [0.2, 0.25) is 0 Å². The summed E-state index contributed by atoms with van der Waals surface area (Å²) in [6.07, 6.45) is 6.69. The van der Waals surface area contributed by atoms with Gasteiger partial charge in [0.1, 0.15) is 11.6 Å². The van der Waals surface area contributed by atoms with Gasteiger partial charge in [0.25, 0.3) is 0 Å². The van der Waals surface area contributed by atoms with Gasteiger partial charge in [-0.05, 0) is 30.3 Å². The first-order chi connectivity index (χ1) is 20.6. The maximum Gasteiger partial charge on any atom is 0.307 e. The van der Waals surface area contributed by atoms with Gasteiger partial charge in [-0.2, -0.15) is 10.2 Å². The molecule has 0 aliphatic carbocycles. The van der Waals surface area contributed by atoms with Gasteiger partial charge in [0, 0.05) is 18.0 Å². The van der Waals surface area contributed by atoms with E-state index in [0.29, 0.717) is 28.8 Å². The molecule has 0 atom stereocenters. The van der Waals surface area contributed by atoms with Crippen LogP contribution in [0.25, 0.3) is 11.4 Å². The first kappa shape index (κ1) is 29.5. The summed E-state index contributed by atoms with van der Waals surface area (Å²) < 4.78 is 9.57. The molecule has 3 aromatic heterocycles. The van der Waals surface area contributed by atoms with Gasteiger partial charge >= 0.3 is 11.9 Å². The number of hydrazone groups is 2. The molecule has 0 bridgehead atoms. The van der Waals surface area contributed by atoms with E-state index in [1.807, 2.05) is 42.5 Å². The summed E-state index contributed by atoms with van der Waals surface area (Å²) in [4.78, 5) is 41.7. The lowest BCUT2D eigenvalue weighted by atomic mass is 10.2. The zero-order valence-corrected chi connectivity index (χ0v) is 23.3. The third kappa shape index (κ3) is 8.74. The monoisotopic (exact) mass is 566 g/mol. The first-order valence-corrected chi connectivity index (χ1v) is 13.1. The van der Waals surface area contributed by atoms with E-state index in [-0.39, 0.29) is 37.9 Å². The molecule has 0 N–H and O–H groups in total. The molecule has 12 heteroatoms. The molecule has 4 rings (SSSR count). The Bertz CT molecular complexity index is 1410. The molecule has 4 aromatic rings. The Balaban J connectivity index is 1.67. The number of nitrogens with zero attached hydrogens (tertiary/aromatic N) is 8. The Morgan fingerprint density at radius 1 is 0.714 bits per heavy atom. The molecule has 214 valence electrons. The SMILES string of the molecule is COC(=O)CCN(/N=C/c1cc(/C=N/N(CCC(=O)OC)c2ccccn2)nc(-c2ccccc2)n1)c1ccccn1. The molecule has 0 fully saturated rings. The minimum atomic E-state index is -0.359. The molecule has 0 radical (unpaired) electrons. The molecule has 12 nitrogen and oxygen atoms in total. The number of aromatic nitrogens is 4. The number of hydrogen-bond acceptors (Lipinski definition) is 12. The van der Waals surface area contributed by atoms with Gasteiger partial charge in [-0.25, -0.2) is 30.0 Å². The lowest BCUT2D eigenvalue weighted by Gasteiger charge is -2.17. The molecule has 0 unspecified atom stereocenters. The number of rotatable bonds is 13. The molecule has 1 aromatic carbocycles. The van der Waals surface area contributed by atoms with Crippen molar-refractivity contribution in [1.29, 1.82) is 0 Å². The van der Waals surface area contributed by atoms with Gasteiger partial charge in [-0.3, -0.25) is 9.59 Å². The molecule has 0 aliphatic heterocycles. The summed E-state index contributed by atoms with van der Waals surface area (Å²) in [5.74, 6) is 0.881. The maximum atomic E-state index is 11.8. The van der Waals surface area contributed by atoms with Crippen molar-refractivity contribution in [2.24, 2.45) is 10.2 Å². The number of anilines is 2. The number of carbonyl (C=O) groups is 2. The second-order valence-electron chi connectivity index (χ2n) is 8.67. The van der Waals surface area contributed by atoms with E-state index in [1.165, 1.54) is 14.2 Å². The Morgan fingerprint density at radius 3 is 1.62 bits per heavy atom. The molecule has 0 aliphatic rings. The third-order valence-electron chi connectivity index (χ3n) is 5.79. The van der Waals surface area contributed by atoms with Crippen LogP contribution in [0.15, 0.2) is 95.4 Å². The van der Waals surface area contributed by atoms with Gasteiger partial charge in [0.05, 0.1) is 64.0 Å². The Labute approximate surface area is 243 Å². The zero-order valence-electron chi connectivity index (χ0n) is 23.3. The van der Waals surface area contributed by atoms with E-state index < -0.39 is 0 Å². The number of esters is 2. The van der Waals surface area contributed by atoms with Crippen molar-refractivity contribution >= 4 is 36.0 Å².